The number of rotatable bonds is 4. The summed E-state index contributed by atoms with van der Waals surface area (Å²) in [5.74, 6) is 0.900. The average molecular weight is 385 g/mol. The van der Waals surface area contributed by atoms with Crippen molar-refractivity contribution in [3.63, 3.8) is 0 Å². The van der Waals surface area contributed by atoms with Crippen molar-refractivity contribution in [2.75, 3.05) is 13.1 Å². The Morgan fingerprint density at radius 2 is 1.85 bits per heavy atom. The van der Waals surface area contributed by atoms with Crippen molar-refractivity contribution in [1.29, 1.82) is 0 Å². The Morgan fingerprint density at radius 1 is 1.11 bits per heavy atom. The van der Waals surface area contributed by atoms with Crippen LogP contribution in [0.5, 0.6) is 0 Å². The van der Waals surface area contributed by atoms with E-state index in [1.807, 2.05) is 28.9 Å². The first-order valence-corrected chi connectivity index (χ1v) is 10.5. The lowest BCUT2D eigenvalue weighted by molar-refractivity contribution is -0.136. The Labute approximate surface area is 164 Å². The molecule has 2 heterocycles. The molecule has 0 bridgehead atoms. The third kappa shape index (κ3) is 3.06. The number of hydrogen-bond donors (Lipinski definition) is 0. The lowest BCUT2D eigenvalue weighted by Gasteiger charge is -2.33. The maximum absolute atomic E-state index is 13.6. The number of carbonyl (C=O) groups is 1. The van der Waals surface area contributed by atoms with E-state index in [-0.39, 0.29) is 17.4 Å². The van der Waals surface area contributed by atoms with Crippen LogP contribution in [0.3, 0.4) is 0 Å². The Morgan fingerprint density at radius 3 is 2.56 bits per heavy atom. The molecule has 142 valence electrons. The summed E-state index contributed by atoms with van der Waals surface area (Å²) in [5.41, 5.74) is 1.86. The largest absolute Gasteiger partial charge is 0.340 e. The van der Waals surface area contributed by atoms with Crippen LogP contribution in [0.2, 0.25) is 5.02 Å². The number of hydrogen-bond acceptors (Lipinski definition) is 3. The molecule has 1 amide bonds. The molecule has 0 spiro atoms. The molecular weight excluding hydrogens is 360 g/mol. The van der Waals surface area contributed by atoms with Crippen molar-refractivity contribution in [1.82, 2.24) is 19.9 Å². The molecule has 3 fully saturated rings. The van der Waals surface area contributed by atoms with Crippen LogP contribution >= 0.6 is 11.6 Å². The van der Waals surface area contributed by atoms with Crippen LogP contribution in [0.1, 0.15) is 68.2 Å². The van der Waals surface area contributed by atoms with Crippen molar-refractivity contribution in [3.05, 3.63) is 46.7 Å². The normalized spacial score (nSPS) is 24.5. The SMILES string of the molecule is O=C(N1CCC(n2cc(C3CC3)nn2)C1)C1(c2ccc(Cl)cc2)CCCC1. The molecule has 5 nitrogen and oxygen atoms in total. The van der Waals surface area contributed by atoms with Crippen molar-refractivity contribution in [3.8, 4) is 0 Å². The zero-order valence-corrected chi connectivity index (χ0v) is 16.2. The highest BCUT2D eigenvalue weighted by Crippen LogP contribution is 2.44. The molecule has 1 aromatic heterocycles. The standard InChI is InChI=1S/C21H25ClN4O/c22-17-7-5-16(6-8-17)21(10-1-2-11-21)20(27)25-12-9-18(13-25)26-14-19(23-24-26)15-3-4-15/h5-8,14-15,18H,1-4,9-13H2. The highest BCUT2D eigenvalue weighted by atomic mass is 35.5. The molecule has 1 aliphatic heterocycles. The molecule has 0 N–H and O–H groups in total. The van der Waals surface area contributed by atoms with Gasteiger partial charge in [-0.3, -0.25) is 4.79 Å². The number of aromatic nitrogens is 3. The summed E-state index contributed by atoms with van der Waals surface area (Å²) in [6, 6.07) is 8.15. The van der Waals surface area contributed by atoms with Gasteiger partial charge in [0.15, 0.2) is 0 Å². The number of amides is 1. The predicted octanol–water partition coefficient (Wildman–Crippen LogP) is 4.09. The Kier molecular flexibility index (Phi) is 4.23. The minimum atomic E-state index is -0.374. The van der Waals surface area contributed by atoms with Gasteiger partial charge in [0.2, 0.25) is 5.91 Å². The molecule has 5 rings (SSSR count). The highest BCUT2D eigenvalue weighted by molar-refractivity contribution is 6.30. The number of likely N-dealkylation sites (tertiary alicyclic amines) is 1. The van der Waals surface area contributed by atoms with Crippen LogP contribution in [0.25, 0.3) is 0 Å². The fourth-order valence-electron chi connectivity index (χ4n) is 4.85. The van der Waals surface area contributed by atoms with E-state index in [1.165, 1.54) is 12.8 Å². The minimum absolute atomic E-state index is 0.248. The van der Waals surface area contributed by atoms with Crippen molar-refractivity contribution >= 4 is 17.5 Å². The van der Waals surface area contributed by atoms with E-state index in [1.54, 1.807) is 0 Å². The molecule has 1 unspecified atom stereocenters. The molecule has 3 aliphatic rings. The van der Waals surface area contributed by atoms with Gasteiger partial charge in [-0.25, -0.2) is 4.68 Å². The van der Waals surface area contributed by atoms with Gasteiger partial charge < -0.3 is 4.90 Å². The van der Waals surface area contributed by atoms with Crippen LogP contribution in [-0.2, 0) is 10.2 Å². The third-order valence-electron chi connectivity index (χ3n) is 6.61. The molecule has 1 saturated heterocycles. The summed E-state index contributed by atoms with van der Waals surface area (Å²) in [4.78, 5) is 15.7. The summed E-state index contributed by atoms with van der Waals surface area (Å²) < 4.78 is 1.99. The summed E-state index contributed by atoms with van der Waals surface area (Å²) in [6.07, 6.45) is 9.61. The molecular formula is C21H25ClN4O. The van der Waals surface area contributed by atoms with Crippen molar-refractivity contribution in [2.45, 2.75) is 62.3 Å². The fraction of sp³-hybridized carbons (Fsp3) is 0.571. The zero-order valence-electron chi connectivity index (χ0n) is 15.5. The van der Waals surface area contributed by atoms with Gasteiger partial charge in [0.1, 0.15) is 0 Å². The Bertz CT molecular complexity index is 836. The van der Waals surface area contributed by atoms with Gasteiger partial charge in [0, 0.05) is 30.2 Å². The first kappa shape index (κ1) is 17.2. The Balaban J connectivity index is 1.35. The number of nitrogens with zero attached hydrogens (tertiary/aromatic N) is 4. The number of benzene rings is 1. The second kappa shape index (κ2) is 6.62. The molecule has 27 heavy (non-hydrogen) atoms. The van der Waals surface area contributed by atoms with Gasteiger partial charge in [0.05, 0.1) is 17.2 Å². The third-order valence-corrected chi connectivity index (χ3v) is 6.86. The van der Waals surface area contributed by atoms with E-state index in [0.717, 1.165) is 61.5 Å². The van der Waals surface area contributed by atoms with E-state index in [4.69, 9.17) is 11.6 Å². The molecule has 2 aliphatic carbocycles. The molecule has 2 saturated carbocycles. The summed E-state index contributed by atoms with van der Waals surface area (Å²) in [6.45, 7) is 1.54. The van der Waals surface area contributed by atoms with Crippen LogP contribution < -0.4 is 0 Å². The fourth-order valence-corrected chi connectivity index (χ4v) is 4.98. The maximum atomic E-state index is 13.6. The first-order chi connectivity index (χ1) is 13.2. The monoisotopic (exact) mass is 384 g/mol. The molecule has 6 heteroatoms. The van der Waals surface area contributed by atoms with Crippen LogP contribution in [0, 0.1) is 0 Å². The van der Waals surface area contributed by atoms with Gasteiger partial charge >= 0.3 is 0 Å². The number of halogens is 1. The van der Waals surface area contributed by atoms with Gasteiger partial charge in [0.25, 0.3) is 0 Å². The summed E-state index contributed by atoms with van der Waals surface area (Å²) in [7, 11) is 0. The molecule has 1 aromatic carbocycles. The van der Waals surface area contributed by atoms with E-state index >= 15 is 0 Å². The van der Waals surface area contributed by atoms with Gasteiger partial charge in [-0.15, -0.1) is 5.10 Å². The van der Waals surface area contributed by atoms with Crippen LogP contribution in [0.4, 0.5) is 0 Å². The van der Waals surface area contributed by atoms with Crippen molar-refractivity contribution < 1.29 is 4.79 Å². The average Bonchev–Trinajstić information content (AvgIpc) is 3.11. The second-order valence-electron chi connectivity index (χ2n) is 8.39. The minimum Gasteiger partial charge on any atom is -0.340 e. The highest BCUT2D eigenvalue weighted by Gasteiger charge is 2.46. The molecule has 1 atom stereocenters. The lowest BCUT2D eigenvalue weighted by atomic mass is 9.77. The van der Waals surface area contributed by atoms with E-state index in [9.17, 15) is 4.79 Å². The van der Waals surface area contributed by atoms with Gasteiger partial charge in [-0.2, -0.15) is 0 Å². The van der Waals surface area contributed by atoms with Gasteiger partial charge in [-0.05, 0) is 49.8 Å². The summed E-state index contributed by atoms with van der Waals surface area (Å²) >= 11 is 6.08. The molecule has 0 radical (unpaired) electrons. The van der Waals surface area contributed by atoms with E-state index in [2.05, 4.69) is 21.4 Å². The Hall–Kier alpha value is -1.88. The summed E-state index contributed by atoms with van der Waals surface area (Å²) in [5, 5.41) is 9.41. The van der Waals surface area contributed by atoms with E-state index < -0.39 is 0 Å². The maximum Gasteiger partial charge on any atom is 0.233 e. The van der Waals surface area contributed by atoms with Crippen LogP contribution in [0.15, 0.2) is 30.5 Å². The van der Waals surface area contributed by atoms with Gasteiger partial charge in [-0.1, -0.05) is 41.8 Å². The first-order valence-electron chi connectivity index (χ1n) is 10.1. The second-order valence-corrected chi connectivity index (χ2v) is 8.82. The zero-order chi connectivity index (χ0) is 18.4. The molecule has 2 aromatic rings. The predicted molar refractivity (Wildman–Crippen MR) is 104 cm³/mol. The quantitative estimate of drug-likeness (QED) is 0.797. The number of carbonyl (C=O) groups excluding carboxylic acids is 1. The topological polar surface area (TPSA) is 51.0 Å². The van der Waals surface area contributed by atoms with Crippen molar-refractivity contribution in [2.24, 2.45) is 0 Å². The lowest BCUT2D eigenvalue weighted by Crippen LogP contribution is -2.44. The van der Waals surface area contributed by atoms with E-state index in [0.29, 0.717) is 5.92 Å². The smallest absolute Gasteiger partial charge is 0.233 e. The van der Waals surface area contributed by atoms with Crippen LogP contribution in [-0.4, -0.2) is 38.9 Å².